The Hall–Kier alpha value is -2.83. The van der Waals surface area contributed by atoms with Crippen LogP contribution >= 0.6 is 15.9 Å². The van der Waals surface area contributed by atoms with Crippen molar-refractivity contribution in [3.8, 4) is 0 Å². The lowest BCUT2D eigenvalue weighted by atomic mass is 9.97. The van der Waals surface area contributed by atoms with E-state index in [1.54, 1.807) is 25.1 Å². The van der Waals surface area contributed by atoms with E-state index in [1.807, 2.05) is 0 Å². The molecule has 0 saturated carbocycles. The second-order valence-corrected chi connectivity index (χ2v) is 8.52. The fourth-order valence-electron chi connectivity index (χ4n) is 3.74. The van der Waals surface area contributed by atoms with Gasteiger partial charge in [0.2, 0.25) is 5.95 Å². The quantitative estimate of drug-likeness (QED) is 0.382. The van der Waals surface area contributed by atoms with Gasteiger partial charge in [0.05, 0.1) is 33.4 Å². The lowest BCUT2D eigenvalue weighted by Gasteiger charge is -2.24. The number of halogens is 7. The van der Waals surface area contributed by atoms with Gasteiger partial charge in [0.1, 0.15) is 0 Å². The van der Waals surface area contributed by atoms with Crippen LogP contribution < -0.4 is 4.90 Å². The third-order valence-electron chi connectivity index (χ3n) is 5.24. The molecular weight excluding hydrogens is 522 g/mol. The number of anilines is 1. The van der Waals surface area contributed by atoms with Crippen LogP contribution in [0.2, 0.25) is 0 Å². The molecule has 1 saturated heterocycles. The van der Waals surface area contributed by atoms with Crippen molar-refractivity contribution in [1.82, 2.24) is 14.9 Å². The molecule has 1 aromatic heterocycles. The van der Waals surface area contributed by atoms with Gasteiger partial charge in [0, 0.05) is 20.3 Å². The Morgan fingerprint density at radius 3 is 2.18 bits per heavy atom. The van der Waals surface area contributed by atoms with E-state index in [9.17, 15) is 31.1 Å². The molecule has 0 aliphatic carbocycles. The van der Waals surface area contributed by atoms with E-state index in [0.717, 1.165) is 0 Å². The predicted molar refractivity (Wildman–Crippen MR) is 107 cm³/mol. The number of hydrogen-bond acceptors (Lipinski definition) is 5. The standard InChI is InChI=1S/C20H15BrF6N4O2/c1-30(2)17-28-8-12(21)15(29-17)13-3-4-14-16(33-18(32)31(13)14)9-5-10(19(22,23)24)7-11(6-9)20(25,26)27/h3-8,13-14,16H,1-2H3/t13-,14-,16+/m0/s1. The van der Waals surface area contributed by atoms with E-state index >= 15 is 0 Å². The number of aromatic nitrogens is 2. The number of carbonyl (C=O) groups is 1. The van der Waals surface area contributed by atoms with Crippen molar-refractivity contribution in [2.24, 2.45) is 0 Å². The Morgan fingerprint density at radius 2 is 1.64 bits per heavy atom. The zero-order chi connectivity index (χ0) is 24.3. The van der Waals surface area contributed by atoms with Gasteiger partial charge in [-0.15, -0.1) is 0 Å². The molecule has 2 aliphatic rings. The van der Waals surface area contributed by atoms with Crippen LogP contribution in [0.5, 0.6) is 0 Å². The molecule has 2 aliphatic heterocycles. The Labute approximate surface area is 192 Å². The van der Waals surface area contributed by atoms with Gasteiger partial charge >= 0.3 is 18.4 Å². The molecule has 1 amide bonds. The minimum Gasteiger partial charge on any atom is -0.439 e. The summed E-state index contributed by atoms with van der Waals surface area (Å²) in [7, 11) is 3.43. The summed E-state index contributed by atoms with van der Waals surface area (Å²) in [5.41, 5.74) is -2.96. The van der Waals surface area contributed by atoms with Crippen LogP contribution in [0, 0.1) is 0 Å². The molecule has 1 aromatic carbocycles. The molecule has 0 N–H and O–H groups in total. The van der Waals surface area contributed by atoms with E-state index in [4.69, 9.17) is 4.74 Å². The zero-order valence-corrected chi connectivity index (χ0v) is 18.5. The number of nitrogens with zero attached hydrogens (tertiary/aromatic N) is 4. The molecule has 4 rings (SSSR count). The van der Waals surface area contributed by atoms with Crippen LogP contribution in [0.25, 0.3) is 0 Å². The average molecular weight is 537 g/mol. The highest BCUT2D eigenvalue weighted by atomic mass is 79.9. The van der Waals surface area contributed by atoms with Crippen molar-refractivity contribution in [3.05, 3.63) is 63.4 Å². The monoisotopic (exact) mass is 536 g/mol. The van der Waals surface area contributed by atoms with Gasteiger partial charge < -0.3 is 9.64 Å². The smallest absolute Gasteiger partial charge is 0.416 e. The van der Waals surface area contributed by atoms with Crippen LogP contribution in [-0.2, 0) is 17.1 Å². The highest BCUT2D eigenvalue weighted by Gasteiger charge is 2.49. The van der Waals surface area contributed by atoms with E-state index in [0.29, 0.717) is 28.2 Å². The topological polar surface area (TPSA) is 58.6 Å². The number of alkyl halides is 6. The molecule has 6 nitrogen and oxygen atoms in total. The molecule has 33 heavy (non-hydrogen) atoms. The number of hydrogen-bond donors (Lipinski definition) is 0. The van der Waals surface area contributed by atoms with Gasteiger partial charge in [-0.3, -0.25) is 4.90 Å². The number of ether oxygens (including phenoxy) is 1. The van der Waals surface area contributed by atoms with E-state index in [1.165, 1.54) is 17.2 Å². The molecule has 13 heteroatoms. The Kier molecular flexibility index (Phi) is 5.58. The van der Waals surface area contributed by atoms with Crippen LogP contribution in [-0.4, -0.2) is 41.1 Å². The summed E-state index contributed by atoms with van der Waals surface area (Å²) in [6, 6.07) is -0.495. The fraction of sp³-hybridized carbons (Fsp3) is 0.350. The van der Waals surface area contributed by atoms with Gasteiger partial charge in [0.15, 0.2) is 6.10 Å². The molecule has 0 spiro atoms. The van der Waals surface area contributed by atoms with Crippen molar-refractivity contribution in [3.63, 3.8) is 0 Å². The zero-order valence-electron chi connectivity index (χ0n) is 16.9. The highest BCUT2D eigenvalue weighted by Crippen LogP contribution is 2.46. The molecule has 0 bridgehead atoms. The number of rotatable bonds is 3. The first-order chi connectivity index (χ1) is 15.3. The number of cyclic esters (lactones) is 1. The second kappa shape index (κ2) is 7.89. The molecule has 0 unspecified atom stereocenters. The van der Waals surface area contributed by atoms with Crippen molar-refractivity contribution >= 4 is 28.0 Å². The number of amides is 1. The molecule has 0 radical (unpaired) electrons. The maximum absolute atomic E-state index is 13.3. The van der Waals surface area contributed by atoms with Crippen LogP contribution in [0.15, 0.2) is 41.0 Å². The molecule has 3 atom stereocenters. The summed E-state index contributed by atoms with van der Waals surface area (Å²) in [6.45, 7) is 0. The lowest BCUT2D eigenvalue weighted by molar-refractivity contribution is -0.143. The third kappa shape index (κ3) is 4.25. The minimum absolute atomic E-state index is 0.0338. The average Bonchev–Trinajstić information content (AvgIpc) is 3.28. The Morgan fingerprint density at radius 1 is 1.03 bits per heavy atom. The number of fused-ring (bicyclic) bond motifs is 1. The first-order valence-electron chi connectivity index (χ1n) is 9.44. The number of carbonyl (C=O) groups excluding carboxylic acids is 1. The molecular formula is C20H15BrF6N4O2. The van der Waals surface area contributed by atoms with Crippen molar-refractivity contribution < 1.29 is 35.9 Å². The second-order valence-electron chi connectivity index (χ2n) is 7.67. The van der Waals surface area contributed by atoms with E-state index in [2.05, 4.69) is 25.9 Å². The predicted octanol–water partition coefficient (Wildman–Crippen LogP) is 5.52. The molecule has 176 valence electrons. The Bertz CT molecular complexity index is 1100. The first-order valence-corrected chi connectivity index (χ1v) is 10.2. The summed E-state index contributed by atoms with van der Waals surface area (Å²) in [6.07, 6.45) is -7.68. The summed E-state index contributed by atoms with van der Waals surface area (Å²) < 4.78 is 85.4. The summed E-state index contributed by atoms with van der Waals surface area (Å²) >= 11 is 3.32. The third-order valence-corrected chi connectivity index (χ3v) is 5.85. The van der Waals surface area contributed by atoms with Gasteiger partial charge in [-0.2, -0.15) is 26.3 Å². The van der Waals surface area contributed by atoms with Gasteiger partial charge in [-0.25, -0.2) is 14.8 Å². The fourth-order valence-corrected chi connectivity index (χ4v) is 4.16. The lowest BCUT2D eigenvalue weighted by Crippen LogP contribution is -2.32. The maximum atomic E-state index is 13.3. The van der Waals surface area contributed by atoms with Crippen LogP contribution in [0.1, 0.15) is 34.5 Å². The van der Waals surface area contributed by atoms with E-state index < -0.39 is 53.3 Å². The summed E-state index contributed by atoms with van der Waals surface area (Å²) in [4.78, 5) is 24.1. The molecule has 3 heterocycles. The number of benzene rings is 1. The highest BCUT2D eigenvalue weighted by molar-refractivity contribution is 9.10. The van der Waals surface area contributed by atoms with Crippen molar-refractivity contribution in [1.29, 1.82) is 0 Å². The largest absolute Gasteiger partial charge is 0.439 e. The normalized spacial score (nSPS) is 22.5. The molecule has 2 aromatic rings. The minimum atomic E-state index is -5.01. The first kappa shape index (κ1) is 23.3. The van der Waals surface area contributed by atoms with Gasteiger partial charge in [-0.1, -0.05) is 12.2 Å². The van der Waals surface area contributed by atoms with Crippen LogP contribution in [0.3, 0.4) is 0 Å². The van der Waals surface area contributed by atoms with Crippen molar-refractivity contribution in [2.75, 3.05) is 19.0 Å². The van der Waals surface area contributed by atoms with Gasteiger partial charge in [-0.05, 0) is 39.7 Å². The summed E-state index contributed by atoms with van der Waals surface area (Å²) in [5.74, 6) is 0.349. The Balaban J connectivity index is 1.73. The van der Waals surface area contributed by atoms with E-state index in [-0.39, 0.29) is 6.07 Å². The molecule has 1 fully saturated rings. The summed E-state index contributed by atoms with van der Waals surface area (Å²) in [5, 5.41) is 0. The van der Waals surface area contributed by atoms with Gasteiger partial charge in [0.25, 0.3) is 0 Å². The van der Waals surface area contributed by atoms with Crippen molar-refractivity contribution in [2.45, 2.75) is 30.5 Å². The van der Waals surface area contributed by atoms with Crippen LogP contribution in [0.4, 0.5) is 37.1 Å². The SMILES string of the molecule is CN(C)c1ncc(Br)c([C@@H]2C=C[C@H]3[C@@H](c4cc(C(F)(F)F)cc(C(F)(F)F)c4)OC(=O)N23)n1. The maximum Gasteiger partial charge on any atom is 0.416 e.